The van der Waals surface area contributed by atoms with Crippen LogP contribution in [0.4, 0.5) is 17.1 Å². The molecule has 0 bridgehead atoms. The molecule has 0 unspecified atom stereocenters. The van der Waals surface area contributed by atoms with Gasteiger partial charge in [0.05, 0.1) is 17.6 Å². The van der Waals surface area contributed by atoms with Gasteiger partial charge in [0.1, 0.15) is 0 Å². The molecule has 0 aliphatic carbocycles. The topological polar surface area (TPSA) is 27.6 Å². The van der Waals surface area contributed by atoms with Crippen molar-refractivity contribution in [2.75, 3.05) is 10.3 Å². The van der Waals surface area contributed by atoms with Gasteiger partial charge in [-0.25, -0.2) is 5.01 Å². The molecule has 29 heavy (non-hydrogen) atoms. The van der Waals surface area contributed by atoms with Crippen LogP contribution in [0.1, 0.15) is 11.1 Å². The van der Waals surface area contributed by atoms with Crippen molar-refractivity contribution < 1.29 is 0 Å². The molecule has 0 amide bonds. The molecule has 0 aliphatic rings. The maximum absolute atomic E-state index is 4.75. The predicted octanol–water partition coefficient (Wildman–Crippen LogP) is 6.47. The molecule has 0 saturated carbocycles. The minimum atomic E-state index is 0.810. The molecule has 0 aliphatic heterocycles. The molecule has 0 aromatic heterocycles. The highest BCUT2D eigenvalue weighted by Gasteiger charge is 2.06. The maximum Gasteiger partial charge on any atom is 0.0652 e. The van der Waals surface area contributed by atoms with Crippen molar-refractivity contribution in [1.29, 1.82) is 0 Å². The van der Waals surface area contributed by atoms with Gasteiger partial charge in [0.15, 0.2) is 0 Å². The summed E-state index contributed by atoms with van der Waals surface area (Å²) in [5.41, 5.74) is 5.45. The van der Waals surface area contributed by atoms with Crippen molar-refractivity contribution >= 4 is 23.3 Å². The highest BCUT2D eigenvalue weighted by atomic mass is 15.5. The molecule has 4 rings (SSSR count). The summed E-state index contributed by atoms with van der Waals surface area (Å²) in [6.07, 6.45) is 1.89. The van der Waals surface area contributed by atoms with Crippen LogP contribution < -0.4 is 10.3 Å². The second kappa shape index (κ2) is 9.38. The van der Waals surface area contributed by atoms with Crippen LogP contribution >= 0.6 is 0 Å². The zero-order valence-corrected chi connectivity index (χ0v) is 16.1. The lowest BCUT2D eigenvalue weighted by Crippen LogP contribution is -2.09. The van der Waals surface area contributed by atoms with Crippen molar-refractivity contribution in [2.24, 2.45) is 5.10 Å². The van der Waals surface area contributed by atoms with Gasteiger partial charge in [-0.3, -0.25) is 0 Å². The smallest absolute Gasteiger partial charge is 0.0652 e. The summed E-state index contributed by atoms with van der Waals surface area (Å²) in [5.74, 6) is 0. The first-order chi connectivity index (χ1) is 14.4. The Morgan fingerprint density at radius 2 is 1.14 bits per heavy atom. The zero-order valence-electron chi connectivity index (χ0n) is 16.1. The van der Waals surface area contributed by atoms with Crippen LogP contribution in [0.2, 0.25) is 0 Å². The lowest BCUT2D eigenvalue weighted by atomic mass is 10.2. The van der Waals surface area contributed by atoms with Crippen LogP contribution in [0.3, 0.4) is 0 Å². The third-order valence-corrected chi connectivity index (χ3v) is 4.57. The van der Waals surface area contributed by atoms with Gasteiger partial charge in [-0.1, -0.05) is 78.9 Å². The molecule has 0 radical (unpaired) electrons. The molecule has 3 nitrogen and oxygen atoms in total. The summed E-state index contributed by atoms with van der Waals surface area (Å²) in [6, 6.07) is 39.0. The van der Waals surface area contributed by atoms with Crippen molar-refractivity contribution in [3.63, 3.8) is 0 Å². The Kier molecular flexibility index (Phi) is 5.99. The van der Waals surface area contributed by atoms with E-state index in [4.69, 9.17) is 5.10 Å². The molecular weight excluding hydrogens is 354 g/mol. The maximum atomic E-state index is 4.75. The second-order valence-corrected chi connectivity index (χ2v) is 6.69. The average Bonchev–Trinajstić information content (AvgIpc) is 2.81. The third kappa shape index (κ3) is 5.11. The molecule has 4 aromatic carbocycles. The van der Waals surface area contributed by atoms with Gasteiger partial charge in [0.2, 0.25) is 0 Å². The normalized spacial score (nSPS) is 10.8. The SMILES string of the molecule is C(=N\N(c1ccccc1)c1ccccc1)/c1ccc(NCc2ccccc2)cc1. The quantitative estimate of drug-likeness (QED) is 0.295. The van der Waals surface area contributed by atoms with Gasteiger partial charge < -0.3 is 5.32 Å². The van der Waals surface area contributed by atoms with Crippen molar-refractivity contribution in [1.82, 2.24) is 0 Å². The Morgan fingerprint density at radius 1 is 0.621 bits per heavy atom. The number of rotatable bonds is 7. The molecular formula is C26H23N3. The van der Waals surface area contributed by atoms with Crippen LogP contribution in [0, 0.1) is 0 Å². The van der Waals surface area contributed by atoms with Crippen LogP contribution in [-0.4, -0.2) is 6.21 Å². The largest absolute Gasteiger partial charge is 0.381 e. The van der Waals surface area contributed by atoms with E-state index >= 15 is 0 Å². The van der Waals surface area contributed by atoms with Gasteiger partial charge in [0, 0.05) is 12.2 Å². The molecule has 0 spiro atoms. The summed E-state index contributed by atoms with van der Waals surface area (Å²) >= 11 is 0. The van der Waals surface area contributed by atoms with Crippen LogP contribution in [0.15, 0.2) is 120 Å². The molecule has 142 valence electrons. The Labute approximate surface area is 172 Å². The Bertz CT molecular complexity index is 988. The molecule has 0 atom stereocenters. The fourth-order valence-corrected chi connectivity index (χ4v) is 3.03. The van der Waals surface area contributed by atoms with E-state index in [9.17, 15) is 0 Å². The third-order valence-electron chi connectivity index (χ3n) is 4.57. The minimum absolute atomic E-state index is 0.810. The molecule has 0 saturated heterocycles. The number of nitrogens with one attached hydrogen (secondary N) is 1. The van der Waals surface area contributed by atoms with E-state index in [1.54, 1.807) is 0 Å². The molecule has 0 fully saturated rings. The number of hydrogen-bond acceptors (Lipinski definition) is 3. The van der Waals surface area contributed by atoms with E-state index in [2.05, 4.69) is 78.1 Å². The summed E-state index contributed by atoms with van der Waals surface area (Å²) < 4.78 is 0. The van der Waals surface area contributed by atoms with Gasteiger partial charge in [-0.15, -0.1) is 0 Å². The molecule has 3 heteroatoms. The fraction of sp³-hybridized carbons (Fsp3) is 0.0385. The monoisotopic (exact) mass is 377 g/mol. The number of hydrazone groups is 1. The fourth-order valence-electron chi connectivity index (χ4n) is 3.03. The van der Waals surface area contributed by atoms with E-state index in [0.29, 0.717) is 0 Å². The van der Waals surface area contributed by atoms with E-state index in [1.807, 2.05) is 53.7 Å². The number of anilines is 3. The highest BCUT2D eigenvalue weighted by Crippen LogP contribution is 2.25. The van der Waals surface area contributed by atoms with Crippen LogP contribution in [-0.2, 0) is 6.54 Å². The number of para-hydroxylation sites is 2. The van der Waals surface area contributed by atoms with E-state index in [0.717, 1.165) is 29.2 Å². The first kappa shape index (κ1) is 18.5. The predicted molar refractivity (Wildman–Crippen MR) is 123 cm³/mol. The lowest BCUT2D eigenvalue weighted by Gasteiger charge is -2.19. The van der Waals surface area contributed by atoms with Gasteiger partial charge >= 0.3 is 0 Å². The van der Waals surface area contributed by atoms with Gasteiger partial charge in [-0.2, -0.15) is 5.10 Å². The van der Waals surface area contributed by atoms with E-state index in [-0.39, 0.29) is 0 Å². The lowest BCUT2D eigenvalue weighted by molar-refractivity contribution is 1.09. The van der Waals surface area contributed by atoms with Gasteiger partial charge in [0.25, 0.3) is 0 Å². The number of nitrogens with zero attached hydrogens (tertiary/aromatic N) is 2. The Balaban J connectivity index is 1.47. The van der Waals surface area contributed by atoms with Crippen molar-refractivity contribution in [3.05, 3.63) is 126 Å². The van der Waals surface area contributed by atoms with E-state index in [1.165, 1.54) is 5.56 Å². The molecule has 0 heterocycles. The minimum Gasteiger partial charge on any atom is -0.381 e. The highest BCUT2D eigenvalue weighted by molar-refractivity contribution is 5.82. The first-order valence-electron chi connectivity index (χ1n) is 9.70. The Hall–Kier alpha value is -3.85. The van der Waals surface area contributed by atoms with Gasteiger partial charge in [-0.05, 0) is 47.5 Å². The van der Waals surface area contributed by atoms with E-state index < -0.39 is 0 Å². The number of hydrogen-bond donors (Lipinski definition) is 1. The summed E-state index contributed by atoms with van der Waals surface area (Å²) in [7, 11) is 0. The van der Waals surface area contributed by atoms with Crippen molar-refractivity contribution in [3.8, 4) is 0 Å². The molecule has 4 aromatic rings. The summed E-state index contributed by atoms with van der Waals surface area (Å²) in [5, 5.41) is 10.1. The summed E-state index contributed by atoms with van der Waals surface area (Å²) in [4.78, 5) is 0. The zero-order chi connectivity index (χ0) is 19.7. The summed E-state index contributed by atoms with van der Waals surface area (Å²) in [6.45, 7) is 0.810. The average molecular weight is 377 g/mol. The standard InChI is InChI=1S/C26H23N3/c1-4-10-22(11-5-1)20-27-24-18-16-23(17-19-24)21-28-29(25-12-6-2-7-13-25)26-14-8-3-9-15-26/h1-19,21,27H,20H2/b28-21+. The second-order valence-electron chi connectivity index (χ2n) is 6.69. The first-order valence-corrected chi connectivity index (χ1v) is 9.70. The van der Waals surface area contributed by atoms with Crippen LogP contribution in [0.5, 0.6) is 0 Å². The van der Waals surface area contributed by atoms with Crippen LogP contribution in [0.25, 0.3) is 0 Å². The Morgan fingerprint density at radius 3 is 1.69 bits per heavy atom. The molecule has 1 N–H and O–H groups in total. The number of benzene rings is 4. The van der Waals surface area contributed by atoms with Crippen molar-refractivity contribution in [2.45, 2.75) is 6.54 Å².